The summed E-state index contributed by atoms with van der Waals surface area (Å²) in [4.78, 5) is 11.0. The molecule has 0 aliphatic carbocycles. The Morgan fingerprint density at radius 3 is 2.74 bits per heavy atom. The highest BCUT2D eigenvalue weighted by Gasteiger charge is 2.38. The van der Waals surface area contributed by atoms with E-state index in [1.165, 1.54) is 18.2 Å². The fourth-order valence-electron chi connectivity index (χ4n) is 2.02. The lowest BCUT2D eigenvalue weighted by Crippen LogP contribution is -2.41. The van der Waals surface area contributed by atoms with Crippen molar-refractivity contribution >= 4 is 27.6 Å². The summed E-state index contributed by atoms with van der Waals surface area (Å²) >= 11 is 5.95. The van der Waals surface area contributed by atoms with Gasteiger partial charge in [0, 0.05) is 6.54 Å². The lowest BCUT2D eigenvalue weighted by molar-refractivity contribution is -0.139. The number of aliphatic carboxylic acids is 1. The topological polar surface area (TPSA) is 74.7 Å². The summed E-state index contributed by atoms with van der Waals surface area (Å²) in [6.07, 6.45) is 2.87. The molecule has 1 heterocycles. The summed E-state index contributed by atoms with van der Waals surface area (Å²) < 4.78 is 26.0. The van der Waals surface area contributed by atoms with E-state index in [1.807, 2.05) is 0 Å². The van der Waals surface area contributed by atoms with Gasteiger partial charge in [0.25, 0.3) is 0 Å². The molecule has 1 aromatic rings. The van der Waals surface area contributed by atoms with Crippen LogP contribution >= 0.6 is 11.6 Å². The Bertz CT molecular complexity index is 633. The molecular weight excluding hydrogens is 290 g/mol. The highest BCUT2D eigenvalue weighted by atomic mass is 35.5. The summed E-state index contributed by atoms with van der Waals surface area (Å²) in [5, 5.41) is 9.14. The molecule has 0 amide bonds. The molecule has 7 heteroatoms. The van der Waals surface area contributed by atoms with Crippen molar-refractivity contribution in [2.24, 2.45) is 0 Å². The monoisotopic (exact) mass is 301 g/mol. The number of halogens is 1. The Morgan fingerprint density at radius 2 is 2.16 bits per heavy atom. The number of carboxylic acids is 1. The van der Waals surface area contributed by atoms with Crippen LogP contribution in [0.25, 0.3) is 0 Å². The number of aryl methyl sites for hydroxylation is 1. The van der Waals surface area contributed by atoms with E-state index in [-0.39, 0.29) is 16.5 Å². The van der Waals surface area contributed by atoms with Gasteiger partial charge in [0.05, 0.1) is 5.02 Å². The van der Waals surface area contributed by atoms with Crippen LogP contribution in [0.4, 0.5) is 0 Å². The van der Waals surface area contributed by atoms with Gasteiger partial charge in [0.2, 0.25) is 10.0 Å². The maximum absolute atomic E-state index is 12.5. The van der Waals surface area contributed by atoms with E-state index < -0.39 is 22.0 Å². The van der Waals surface area contributed by atoms with E-state index >= 15 is 0 Å². The van der Waals surface area contributed by atoms with Gasteiger partial charge in [-0.25, -0.2) is 8.42 Å². The molecule has 0 aromatic heterocycles. The second-order valence-electron chi connectivity index (χ2n) is 4.17. The number of hydrogen-bond acceptors (Lipinski definition) is 3. The SMILES string of the molecule is Cc1cccc(Cl)c1S(=O)(=O)N1CC=CC1C(=O)O. The summed E-state index contributed by atoms with van der Waals surface area (Å²) in [6, 6.07) is 3.56. The van der Waals surface area contributed by atoms with Crippen LogP contribution < -0.4 is 0 Å². The molecule has 1 unspecified atom stereocenters. The molecule has 102 valence electrons. The zero-order chi connectivity index (χ0) is 14.2. The molecule has 0 radical (unpaired) electrons. The average Bonchev–Trinajstić information content (AvgIpc) is 2.77. The Hall–Kier alpha value is -1.37. The fraction of sp³-hybridized carbons (Fsp3) is 0.250. The minimum Gasteiger partial charge on any atom is -0.480 e. The Kier molecular flexibility index (Phi) is 3.66. The Morgan fingerprint density at radius 1 is 1.47 bits per heavy atom. The number of hydrogen-bond donors (Lipinski definition) is 1. The maximum Gasteiger partial charge on any atom is 0.326 e. The molecule has 0 bridgehead atoms. The number of benzene rings is 1. The smallest absolute Gasteiger partial charge is 0.326 e. The van der Waals surface area contributed by atoms with Crippen LogP contribution in [0, 0.1) is 6.92 Å². The zero-order valence-electron chi connectivity index (χ0n) is 10.1. The predicted octanol–water partition coefficient (Wildman–Crippen LogP) is 1.66. The van der Waals surface area contributed by atoms with Crippen LogP contribution in [-0.2, 0) is 14.8 Å². The number of carbonyl (C=O) groups is 1. The van der Waals surface area contributed by atoms with Crippen molar-refractivity contribution in [3.63, 3.8) is 0 Å². The summed E-state index contributed by atoms with van der Waals surface area (Å²) in [5.74, 6) is -1.21. The lowest BCUT2D eigenvalue weighted by Gasteiger charge is -2.22. The van der Waals surface area contributed by atoms with Gasteiger partial charge in [-0.2, -0.15) is 4.31 Å². The third-order valence-corrected chi connectivity index (χ3v) is 5.38. The number of rotatable bonds is 3. The Balaban J connectivity index is 2.52. The lowest BCUT2D eigenvalue weighted by atomic mass is 10.2. The third-order valence-electron chi connectivity index (χ3n) is 2.90. The number of sulfonamides is 1. The quantitative estimate of drug-likeness (QED) is 0.862. The van der Waals surface area contributed by atoms with Crippen molar-refractivity contribution in [3.8, 4) is 0 Å². The molecule has 1 atom stereocenters. The van der Waals surface area contributed by atoms with Gasteiger partial charge in [-0.15, -0.1) is 0 Å². The van der Waals surface area contributed by atoms with E-state index in [9.17, 15) is 13.2 Å². The first kappa shape index (κ1) is 14.0. The predicted molar refractivity (Wildman–Crippen MR) is 70.6 cm³/mol. The molecule has 1 aliphatic heterocycles. The minimum atomic E-state index is -3.94. The van der Waals surface area contributed by atoms with E-state index in [0.29, 0.717) is 5.56 Å². The highest BCUT2D eigenvalue weighted by Crippen LogP contribution is 2.30. The molecule has 0 spiro atoms. The molecule has 19 heavy (non-hydrogen) atoms. The maximum atomic E-state index is 12.5. The van der Waals surface area contributed by atoms with Crippen molar-refractivity contribution in [2.75, 3.05) is 6.54 Å². The van der Waals surface area contributed by atoms with Crippen LogP contribution in [-0.4, -0.2) is 36.4 Å². The fourth-order valence-corrected chi connectivity index (χ4v) is 4.30. The normalized spacial score (nSPS) is 19.8. The van der Waals surface area contributed by atoms with E-state index in [2.05, 4.69) is 0 Å². The summed E-state index contributed by atoms with van der Waals surface area (Å²) in [6.45, 7) is 1.65. The second kappa shape index (κ2) is 4.96. The third kappa shape index (κ3) is 2.39. The zero-order valence-corrected chi connectivity index (χ0v) is 11.6. The largest absolute Gasteiger partial charge is 0.480 e. The minimum absolute atomic E-state index is 0.0317. The molecule has 1 N–H and O–H groups in total. The Labute approximate surface area is 116 Å². The first-order chi connectivity index (χ1) is 8.85. The van der Waals surface area contributed by atoms with Crippen LogP contribution in [0.15, 0.2) is 35.2 Å². The van der Waals surface area contributed by atoms with Gasteiger partial charge in [-0.05, 0) is 18.6 Å². The van der Waals surface area contributed by atoms with Gasteiger partial charge < -0.3 is 5.11 Å². The van der Waals surface area contributed by atoms with Gasteiger partial charge in [-0.1, -0.05) is 35.9 Å². The standard InChI is InChI=1S/C12H12ClNO4S/c1-8-4-2-5-9(13)11(8)19(17,18)14-7-3-6-10(14)12(15)16/h2-6,10H,7H2,1H3,(H,15,16). The van der Waals surface area contributed by atoms with Crippen molar-refractivity contribution in [2.45, 2.75) is 17.9 Å². The van der Waals surface area contributed by atoms with Crippen molar-refractivity contribution in [3.05, 3.63) is 40.9 Å². The molecule has 5 nitrogen and oxygen atoms in total. The van der Waals surface area contributed by atoms with Crippen molar-refractivity contribution < 1.29 is 18.3 Å². The van der Waals surface area contributed by atoms with Gasteiger partial charge in [0.15, 0.2) is 0 Å². The summed E-state index contributed by atoms with van der Waals surface area (Å²) in [5.41, 5.74) is 0.489. The number of carboxylic acid groups (broad SMARTS) is 1. The highest BCUT2D eigenvalue weighted by molar-refractivity contribution is 7.89. The van der Waals surface area contributed by atoms with Crippen molar-refractivity contribution in [1.29, 1.82) is 0 Å². The first-order valence-electron chi connectivity index (χ1n) is 5.52. The first-order valence-corrected chi connectivity index (χ1v) is 7.34. The summed E-state index contributed by atoms with van der Waals surface area (Å²) in [7, 11) is -3.94. The van der Waals surface area contributed by atoms with E-state index in [1.54, 1.807) is 19.1 Å². The van der Waals surface area contributed by atoms with Crippen LogP contribution in [0.3, 0.4) is 0 Å². The van der Waals surface area contributed by atoms with Gasteiger partial charge in [0.1, 0.15) is 10.9 Å². The molecule has 1 aromatic carbocycles. The van der Waals surface area contributed by atoms with Crippen LogP contribution in [0.5, 0.6) is 0 Å². The average molecular weight is 302 g/mol. The number of nitrogens with zero attached hydrogens (tertiary/aromatic N) is 1. The molecule has 0 saturated carbocycles. The van der Waals surface area contributed by atoms with Crippen LogP contribution in [0.2, 0.25) is 5.02 Å². The van der Waals surface area contributed by atoms with Gasteiger partial charge >= 0.3 is 5.97 Å². The van der Waals surface area contributed by atoms with Crippen LogP contribution in [0.1, 0.15) is 5.56 Å². The molecule has 2 rings (SSSR count). The van der Waals surface area contributed by atoms with E-state index in [0.717, 1.165) is 4.31 Å². The molecule has 0 saturated heterocycles. The second-order valence-corrected chi connectivity index (χ2v) is 6.41. The molecule has 1 aliphatic rings. The van der Waals surface area contributed by atoms with Gasteiger partial charge in [-0.3, -0.25) is 4.79 Å². The van der Waals surface area contributed by atoms with E-state index in [4.69, 9.17) is 16.7 Å². The molecule has 0 fully saturated rings. The molecular formula is C12H12ClNO4S. The van der Waals surface area contributed by atoms with Crippen molar-refractivity contribution in [1.82, 2.24) is 4.31 Å².